The van der Waals surface area contributed by atoms with E-state index < -0.39 is 0 Å². The topological polar surface area (TPSA) is 53.1 Å². The second kappa shape index (κ2) is 7.76. The van der Waals surface area contributed by atoms with Crippen LogP contribution in [0, 0.1) is 0 Å². The Balaban J connectivity index is 1.91. The van der Waals surface area contributed by atoms with Crippen molar-refractivity contribution in [1.29, 1.82) is 0 Å². The maximum atomic E-state index is 6.31. The first-order valence-corrected chi connectivity index (χ1v) is 7.18. The van der Waals surface area contributed by atoms with Gasteiger partial charge in [-0.3, -0.25) is 0 Å². The number of aromatic nitrogens is 2. The largest absolute Gasteiger partial charge is 0.375 e. The number of rotatable bonds is 8. The smallest absolute Gasteiger partial charge is 0.0949 e. The van der Waals surface area contributed by atoms with Crippen molar-refractivity contribution in [1.82, 2.24) is 9.55 Å². The third-order valence-electron chi connectivity index (χ3n) is 3.25. The van der Waals surface area contributed by atoms with Crippen LogP contribution >= 0.6 is 0 Å². The van der Waals surface area contributed by atoms with E-state index in [0.29, 0.717) is 13.2 Å². The molecule has 0 spiro atoms. The highest BCUT2D eigenvalue weighted by Gasteiger charge is 2.12. The van der Waals surface area contributed by atoms with Gasteiger partial charge in [-0.1, -0.05) is 42.5 Å². The van der Waals surface area contributed by atoms with Gasteiger partial charge in [0.2, 0.25) is 0 Å². The van der Waals surface area contributed by atoms with Gasteiger partial charge < -0.3 is 15.0 Å². The van der Waals surface area contributed by atoms with E-state index >= 15 is 0 Å². The molecule has 2 rings (SSSR count). The van der Waals surface area contributed by atoms with Gasteiger partial charge in [0.15, 0.2) is 0 Å². The van der Waals surface area contributed by atoms with Crippen LogP contribution in [-0.2, 0) is 17.7 Å². The van der Waals surface area contributed by atoms with Gasteiger partial charge in [0.25, 0.3) is 0 Å². The van der Waals surface area contributed by atoms with Crippen molar-refractivity contribution >= 4 is 0 Å². The number of nitrogens with zero attached hydrogens (tertiary/aromatic N) is 2. The molecule has 1 aromatic carbocycles. The fraction of sp³-hybridized carbons (Fsp3) is 0.353. The van der Waals surface area contributed by atoms with E-state index in [-0.39, 0.29) is 6.04 Å². The summed E-state index contributed by atoms with van der Waals surface area (Å²) < 4.78 is 7.59. The zero-order valence-electron chi connectivity index (χ0n) is 12.5. The van der Waals surface area contributed by atoms with E-state index in [9.17, 15) is 0 Å². The third-order valence-corrected chi connectivity index (χ3v) is 3.25. The first-order valence-electron chi connectivity index (χ1n) is 7.18. The minimum atomic E-state index is -0.0592. The Morgan fingerprint density at radius 1 is 1.38 bits per heavy atom. The summed E-state index contributed by atoms with van der Waals surface area (Å²) in [4.78, 5) is 4.21. The van der Waals surface area contributed by atoms with Crippen molar-refractivity contribution in [2.24, 2.45) is 5.73 Å². The van der Waals surface area contributed by atoms with Gasteiger partial charge >= 0.3 is 0 Å². The second-order valence-corrected chi connectivity index (χ2v) is 5.32. The summed E-state index contributed by atoms with van der Waals surface area (Å²) in [5, 5.41) is 0. The molecule has 0 saturated heterocycles. The summed E-state index contributed by atoms with van der Waals surface area (Å²) in [5.41, 5.74) is 9.61. The number of ether oxygens (including phenoxy) is 1. The Hall–Kier alpha value is -1.91. The van der Waals surface area contributed by atoms with Crippen molar-refractivity contribution in [3.63, 3.8) is 0 Å². The molecule has 0 unspecified atom stereocenters. The van der Waals surface area contributed by atoms with Crippen molar-refractivity contribution in [3.05, 3.63) is 66.3 Å². The number of benzene rings is 1. The van der Waals surface area contributed by atoms with Gasteiger partial charge in [-0.2, -0.15) is 0 Å². The maximum Gasteiger partial charge on any atom is 0.0949 e. The van der Waals surface area contributed by atoms with Gasteiger partial charge in [-0.25, -0.2) is 4.98 Å². The minimum Gasteiger partial charge on any atom is -0.375 e. The predicted octanol–water partition coefficient (Wildman–Crippen LogP) is 2.72. The Labute approximate surface area is 126 Å². The number of hydrogen-bond acceptors (Lipinski definition) is 3. The first-order chi connectivity index (χ1) is 10.2. The molecule has 112 valence electrons. The van der Waals surface area contributed by atoms with Crippen LogP contribution in [0.2, 0.25) is 0 Å². The molecule has 2 aromatic rings. The first kappa shape index (κ1) is 15.5. The van der Waals surface area contributed by atoms with Crippen molar-refractivity contribution in [2.75, 3.05) is 13.2 Å². The van der Waals surface area contributed by atoms with Crippen LogP contribution in [-0.4, -0.2) is 22.8 Å². The molecule has 0 aliphatic heterocycles. The molecule has 0 bridgehead atoms. The fourth-order valence-corrected chi connectivity index (χ4v) is 2.21. The summed E-state index contributed by atoms with van der Waals surface area (Å²) in [6.07, 6.45) is 4.45. The molecular weight excluding hydrogens is 262 g/mol. The lowest BCUT2D eigenvalue weighted by atomic mass is 10.0. The average molecular weight is 285 g/mol. The van der Waals surface area contributed by atoms with E-state index in [1.807, 2.05) is 37.6 Å². The molecule has 0 aliphatic rings. The molecule has 0 aliphatic carbocycles. The van der Waals surface area contributed by atoms with Gasteiger partial charge in [0.1, 0.15) is 0 Å². The molecule has 4 heteroatoms. The van der Waals surface area contributed by atoms with E-state index in [0.717, 1.165) is 24.2 Å². The molecule has 4 nitrogen and oxygen atoms in total. The summed E-state index contributed by atoms with van der Waals surface area (Å²) in [5.74, 6) is 0. The van der Waals surface area contributed by atoms with E-state index in [1.54, 1.807) is 0 Å². The summed E-state index contributed by atoms with van der Waals surface area (Å²) >= 11 is 0. The van der Waals surface area contributed by atoms with Crippen LogP contribution in [0.5, 0.6) is 0 Å². The molecular formula is C17H23N3O. The van der Waals surface area contributed by atoms with Crippen molar-refractivity contribution in [3.8, 4) is 0 Å². The summed E-state index contributed by atoms with van der Waals surface area (Å²) in [6, 6.07) is 10.2. The quantitative estimate of drug-likeness (QED) is 0.599. The van der Waals surface area contributed by atoms with Crippen LogP contribution in [0.1, 0.15) is 24.2 Å². The number of hydrogen-bond donors (Lipinski definition) is 1. The van der Waals surface area contributed by atoms with Crippen LogP contribution in [0.25, 0.3) is 0 Å². The normalized spacial score (nSPS) is 12.3. The molecule has 1 heterocycles. The third kappa shape index (κ3) is 4.85. The van der Waals surface area contributed by atoms with Crippen molar-refractivity contribution in [2.45, 2.75) is 25.9 Å². The highest BCUT2D eigenvalue weighted by molar-refractivity contribution is 5.18. The lowest BCUT2D eigenvalue weighted by molar-refractivity contribution is 0.146. The Bertz CT molecular complexity index is 562. The SMILES string of the molecule is C=C(C)COCCn1cncc1[C@H](N)Cc1ccccc1. The summed E-state index contributed by atoms with van der Waals surface area (Å²) in [6.45, 7) is 7.76. The molecule has 1 aromatic heterocycles. The predicted molar refractivity (Wildman–Crippen MR) is 84.9 cm³/mol. The minimum absolute atomic E-state index is 0.0592. The van der Waals surface area contributed by atoms with Gasteiger partial charge in [-0.15, -0.1) is 0 Å². The van der Waals surface area contributed by atoms with Crippen molar-refractivity contribution < 1.29 is 4.74 Å². The molecule has 0 radical (unpaired) electrons. The molecule has 0 saturated carbocycles. The van der Waals surface area contributed by atoms with Crippen LogP contribution in [0.3, 0.4) is 0 Å². The molecule has 2 N–H and O–H groups in total. The van der Waals surface area contributed by atoms with Crippen LogP contribution in [0.15, 0.2) is 55.0 Å². The Kier molecular flexibility index (Phi) is 5.72. The highest BCUT2D eigenvalue weighted by atomic mass is 16.5. The Morgan fingerprint density at radius 3 is 2.86 bits per heavy atom. The van der Waals surface area contributed by atoms with E-state index in [2.05, 4.69) is 28.3 Å². The lowest BCUT2D eigenvalue weighted by Gasteiger charge is -2.15. The molecule has 0 amide bonds. The van der Waals surface area contributed by atoms with E-state index in [1.165, 1.54) is 5.56 Å². The van der Waals surface area contributed by atoms with Gasteiger partial charge in [0, 0.05) is 12.7 Å². The van der Waals surface area contributed by atoms with E-state index in [4.69, 9.17) is 10.5 Å². The monoisotopic (exact) mass is 285 g/mol. The zero-order chi connectivity index (χ0) is 15.1. The highest BCUT2D eigenvalue weighted by Crippen LogP contribution is 2.15. The second-order valence-electron chi connectivity index (χ2n) is 5.32. The fourth-order valence-electron chi connectivity index (χ4n) is 2.21. The van der Waals surface area contributed by atoms with Gasteiger partial charge in [0.05, 0.1) is 31.3 Å². The summed E-state index contributed by atoms with van der Waals surface area (Å²) in [7, 11) is 0. The Morgan fingerprint density at radius 2 is 2.14 bits per heavy atom. The van der Waals surface area contributed by atoms with Crippen LogP contribution < -0.4 is 5.73 Å². The number of nitrogens with two attached hydrogens (primary N) is 1. The standard InChI is InChI=1S/C17H23N3O/c1-14(2)12-21-9-8-20-13-19-11-17(20)16(18)10-15-6-4-3-5-7-15/h3-7,11,13,16H,1,8-10,12,18H2,2H3/t16-/m1/s1. The maximum absolute atomic E-state index is 6.31. The van der Waals surface area contributed by atoms with Gasteiger partial charge in [-0.05, 0) is 18.9 Å². The zero-order valence-corrected chi connectivity index (χ0v) is 12.5. The molecule has 0 fully saturated rings. The molecule has 1 atom stereocenters. The number of imidazole rings is 1. The average Bonchev–Trinajstić information content (AvgIpc) is 2.93. The van der Waals surface area contributed by atoms with Crippen LogP contribution in [0.4, 0.5) is 0 Å². The molecule has 21 heavy (non-hydrogen) atoms. The lowest BCUT2D eigenvalue weighted by Crippen LogP contribution is -2.19.